The predicted octanol–water partition coefficient (Wildman–Crippen LogP) is -2.39. The van der Waals surface area contributed by atoms with Gasteiger partial charge in [-0.25, -0.2) is 4.98 Å². The fourth-order valence-electron chi connectivity index (χ4n) is 17.8. The molecule has 6 aromatic rings. The summed E-state index contributed by atoms with van der Waals surface area (Å²) in [6, 6.07) is -1.88. The zero-order valence-corrected chi connectivity index (χ0v) is 79.2. The number of phenolic OH excluding ortho intramolecular Hbond substituents is 1. The Morgan fingerprint density at radius 1 is 0.529 bits per heavy atom. The summed E-state index contributed by atoms with van der Waals surface area (Å²) in [5, 5.41) is 71.5. The average molecular weight is 1940 g/mol. The van der Waals surface area contributed by atoms with E-state index in [1.54, 1.807) is 74.8 Å². The summed E-state index contributed by atoms with van der Waals surface area (Å²) < 4.78 is 0. The van der Waals surface area contributed by atoms with Crippen molar-refractivity contribution in [3.05, 3.63) is 120 Å². The first-order valence-electron chi connectivity index (χ1n) is 46.8. The molecule has 0 radical (unpaired) electrons. The van der Waals surface area contributed by atoms with Gasteiger partial charge in [0, 0.05) is 124 Å². The standard InChI is InChI=1S/C93H130N24O20S/c1-7-9-11-25-74-92(137)113(5)71(24-10-8-2)84(129)105-62(23-16-32-99-93(96)97)80(125)112-70(79(124)102-45-77(95)122)48-138-49-78(123)104-66(36-52-28-30-56(119)31-29-52)89(134)115-33-18-27-73(115)86(131)110-68(41-76(94)121)90(135)116-34-17-26-72(116)85(130)107-64(39-55-44-98-50-103-55)82(127)108-65(35-51(3)4)91(136)117-46-57(120)40-75(117)87(132)106-63(37-53-42-100-60-21-14-12-19-58(53)60)81(126)111-69(47-118)83(128)109-67(88(133)114(74)6)38-54-43-101-61-22-15-13-20-59(54)61/h12-15,19-22,28-31,42-44,50-51,57,62-75,100-101,118-120H,7-11,16-18,23-27,32-41,45-49H2,1-6H3,(H2,94,121)(H2,95,122)(H,98,103)(H,102,124)(H,104,123)(H,105,129)(H,106,132)(H,107,130)(H,108,127)(H,109,128)(H,110,131)(H,111,126)(H,112,125)(H4,96,97,99)/t57-,62-,63-,64-,65-,66-,67-,68-,69-,70-,71-,72-,73-,74-,75-/m0/s1. The lowest BCUT2D eigenvalue weighted by atomic mass is 9.99. The van der Waals surface area contributed by atoms with E-state index in [0.29, 0.717) is 76.3 Å². The highest BCUT2D eigenvalue weighted by molar-refractivity contribution is 8.00. The van der Waals surface area contributed by atoms with E-state index in [9.17, 15) is 44.1 Å². The number of nitrogens with two attached hydrogens (primary N) is 3. The molecule has 45 heteroatoms. The number of phenols is 1. The Hall–Kier alpha value is -13.7. The average Bonchev–Trinajstić information content (AvgIpc) is 1.63. The quantitative estimate of drug-likeness (QED) is 0.0145. The van der Waals surface area contributed by atoms with Crippen molar-refractivity contribution in [2.45, 2.75) is 247 Å². The number of primary amides is 2. The number of hydrogen-bond donors (Lipinski definition) is 21. The Bertz CT molecular complexity index is 5330. The van der Waals surface area contributed by atoms with Gasteiger partial charge in [-0.2, -0.15) is 0 Å². The molecule has 0 unspecified atom stereocenters. The number of H-pyrrole nitrogens is 3. The number of aliphatic hydroxyl groups is 2. The van der Waals surface area contributed by atoms with Crippen molar-refractivity contribution in [3.63, 3.8) is 0 Å². The highest BCUT2D eigenvalue weighted by Crippen LogP contribution is 2.29. The van der Waals surface area contributed by atoms with E-state index in [1.807, 2.05) is 13.8 Å². The van der Waals surface area contributed by atoms with Crippen molar-refractivity contribution in [1.82, 2.24) is 103 Å². The third kappa shape index (κ3) is 29.2. The number of para-hydroxylation sites is 2. The lowest BCUT2D eigenvalue weighted by molar-refractivity contribution is -0.149. The number of unbranched alkanes of at least 4 members (excludes halogenated alkanes) is 3. The molecular formula is C93H130N24O20S. The first kappa shape index (κ1) is 106. The maximum absolute atomic E-state index is 15.8. The molecule has 4 aliphatic heterocycles. The third-order valence-electron chi connectivity index (χ3n) is 25.1. The molecule has 15 atom stereocenters. The smallest absolute Gasteiger partial charge is 0.246 e. The molecule has 3 aromatic heterocycles. The van der Waals surface area contributed by atoms with Gasteiger partial charge in [-0.15, -0.1) is 11.8 Å². The van der Waals surface area contributed by atoms with Crippen LogP contribution in [0.15, 0.2) is 97.7 Å². The summed E-state index contributed by atoms with van der Waals surface area (Å²) in [5.74, 6) is -17.7. The largest absolute Gasteiger partial charge is 0.508 e. The van der Waals surface area contributed by atoms with Crippen molar-refractivity contribution < 1.29 is 96.8 Å². The zero-order chi connectivity index (χ0) is 100. The van der Waals surface area contributed by atoms with E-state index < -0.39 is 241 Å². The molecule has 24 N–H and O–H groups in total. The molecule has 0 bridgehead atoms. The molecule has 4 saturated heterocycles. The summed E-state index contributed by atoms with van der Waals surface area (Å²) in [4.78, 5) is 271. The number of aliphatic hydroxyl groups excluding tert-OH is 2. The normalized spacial score (nSPS) is 24.9. The molecule has 0 spiro atoms. The van der Waals surface area contributed by atoms with Crippen LogP contribution in [-0.4, -0.2) is 322 Å². The van der Waals surface area contributed by atoms with Gasteiger partial charge in [0.1, 0.15) is 90.3 Å². The number of nitrogens with one attached hydrogen (secondary N) is 15. The molecular weight excluding hydrogens is 1810 g/mol. The number of carbonyl (C=O) groups is 17. The highest BCUT2D eigenvalue weighted by Gasteiger charge is 2.48. The van der Waals surface area contributed by atoms with Crippen LogP contribution in [0.4, 0.5) is 0 Å². The molecule has 138 heavy (non-hydrogen) atoms. The number of thioether (sulfide) groups is 1. The molecule has 44 nitrogen and oxygen atoms in total. The van der Waals surface area contributed by atoms with Crippen LogP contribution in [0, 0.1) is 11.3 Å². The zero-order valence-electron chi connectivity index (χ0n) is 78.4. The van der Waals surface area contributed by atoms with Gasteiger partial charge in [-0.05, 0) is 105 Å². The number of likely N-dealkylation sites (N-methyl/N-ethyl adjacent to an activating group) is 2. The Morgan fingerprint density at radius 2 is 1.05 bits per heavy atom. The van der Waals surface area contributed by atoms with E-state index >= 15 is 52.7 Å². The minimum Gasteiger partial charge on any atom is -0.508 e. The summed E-state index contributed by atoms with van der Waals surface area (Å²) in [5.41, 5.74) is 19.9. The minimum atomic E-state index is -1.89. The number of carbonyl (C=O) groups excluding carboxylic acids is 17. The fourth-order valence-corrected chi connectivity index (χ4v) is 18.7. The number of amides is 17. The first-order chi connectivity index (χ1) is 65.9. The highest BCUT2D eigenvalue weighted by atomic mass is 32.2. The molecule has 17 amide bonds. The van der Waals surface area contributed by atoms with Gasteiger partial charge in [0.15, 0.2) is 5.96 Å². The summed E-state index contributed by atoms with van der Waals surface area (Å²) in [6.07, 6.45) is 4.75. The molecule has 0 saturated carbocycles. The number of benzene rings is 3. The number of imidazole rings is 1. The third-order valence-corrected chi connectivity index (χ3v) is 26.1. The van der Waals surface area contributed by atoms with Crippen molar-refractivity contribution in [2.75, 3.05) is 64.9 Å². The fraction of sp³-hybridized carbons (Fsp3) is 0.538. The Morgan fingerprint density at radius 3 is 1.63 bits per heavy atom. The Balaban J connectivity index is 1.03. The molecule has 4 aliphatic rings. The van der Waals surface area contributed by atoms with Crippen LogP contribution in [0.5, 0.6) is 5.75 Å². The van der Waals surface area contributed by atoms with Crippen LogP contribution in [0.2, 0.25) is 0 Å². The maximum Gasteiger partial charge on any atom is 0.246 e. The molecule has 10 rings (SSSR count). The van der Waals surface area contributed by atoms with Gasteiger partial charge in [0.2, 0.25) is 100 Å². The van der Waals surface area contributed by atoms with E-state index in [1.165, 1.54) is 55.8 Å². The number of aromatic hydroxyl groups is 1. The summed E-state index contributed by atoms with van der Waals surface area (Å²) >= 11 is 0.779. The number of guanidine groups is 1. The summed E-state index contributed by atoms with van der Waals surface area (Å²) in [7, 11) is 2.71. The second-order valence-corrected chi connectivity index (χ2v) is 36.9. The van der Waals surface area contributed by atoms with E-state index in [-0.39, 0.29) is 115 Å². The second-order valence-electron chi connectivity index (χ2n) is 35.9. The van der Waals surface area contributed by atoms with Crippen LogP contribution < -0.4 is 75.7 Å². The minimum absolute atomic E-state index is 0.000484. The number of aromatic amines is 3. The van der Waals surface area contributed by atoms with Gasteiger partial charge < -0.3 is 130 Å². The molecule has 0 aliphatic carbocycles. The molecule has 7 heterocycles. The van der Waals surface area contributed by atoms with Gasteiger partial charge in [0.25, 0.3) is 0 Å². The van der Waals surface area contributed by atoms with E-state index in [4.69, 9.17) is 22.6 Å². The first-order valence-corrected chi connectivity index (χ1v) is 47.9. The number of aromatic nitrogens is 4. The maximum atomic E-state index is 15.8. The van der Waals surface area contributed by atoms with E-state index in [2.05, 4.69) is 78.4 Å². The van der Waals surface area contributed by atoms with Crippen molar-refractivity contribution in [2.24, 2.45) is 23.1 Å². The number of rotatable bonds is 27. The summed E-state index contributed by atoms with van der Waals surface area (Å²) in [6.45, 7) is 4.78. The van der Waals surface area contributed by atoms with Crippen molar-refractivity contribution in [1.29, 1.82) is 5.41 Å². The van der Waals surface area contributed by atoms with Crippen molar-refractivity contribution in [3.8, 4) is 5.75 Å². The number of nitrogens with zero attached hydrogens (tertiary/aromatic N) is 6. The van der Waals surface area contributed by atoms with E-state index in [0.717, 1.165) is 31.4 Å². The van der Waals surface area contributed by atoms with Crippen LogP contribution in [0.3, 0.4) is 0 Å². The molecule has 4 fully saturated rings. The Kier molecular flexibility index (Phi) is 39.2. The van der Waals surface area contributed by atoms with Crippen LogP contribution in [-0.2, 0) is 107 Å². The van der Waals surface area contributed by atoms with Gasteiger partial charge >= 0.3 is 0 Å². The lowest BCUT2D eigenvalue weighted by Crippen LogP contribution is -2.62. The molecule has 748 valence electrons. The van der Waals surface area contributed by atoms with Gasteiger partial charge in [-0.1, -0.05) is 108 Å². The van der Waals surface area contributed by atoms with Crippen LogP contribution in [0.1, 0.15) is 153 Å². The second kappa shape index (κ2) is 50.9. The monoisotopic (exact) mass is 1930 g/mol. The predicted molar refractivity (Wildman–Crippen MR) is 507 cm³/mol. The lowest BCUT2D eigenvalue weighted by Gasteiger charge is -2.36. The molecule has 3 aromatic carbocycles. The van der Waals surface area contributed by atoms with Crippen molar-refractivity contribution >= 4 is 140 Å². The van der Waals surface area contributed by atoms with Crippen LogP contribution >= 0.6 is 11.8 Å². The number of hydrogen-bond acceptors (Lipinski definition) is 23. The SMILES string of the molecule is CCCCC[C@H]1C(=O)N(C)[C@@H](CCCC)C(=O)N[C@@H](CCCNC(=N)N)C(=O)N[C@H](C(=O)NCC(N)=O)CSCC(=O)N[C@@H](Cc2ccc(O)cc2)C(=O)N2CCC[C@H]2C(=O)N[C@@H](CC(N)=O)C(=O)N2CCC[C@H]2C(=O)N[C@@H](Cc2cnc[nH]2)C(=O)N[C@@H](CC(C)C)C(=O)N2C[C@@H](O)C[C@H]2C(=O)N[C@@H](Cc2c[nH]c3ccccc23)C(=O)N[C@@H](CO)C(=O)N[C@@H](Cc2c[nH]c3ccccc23)C(=O)N1C. The van der Waals surface area contributed by atoms with Gasteiger partial charge in [0.05, 0.1) is 37.8 Å². The topological polar surface area (TPSA) is 662 Å². The van der Waals surface area contributed by atoms with Gasteiger partial charge in [-0.3, -0.25) is 86.9 Å². The van der Waals surface area contributed by atoms with Crippen LogP contribution in [0.25, 0.3) is 21.8 Å². The Labute approximate surface area is 801 Å². The number of fused-ring (bicyclic) bond motifs is 5.